The zero-order valence-electron chi connectivity index (χ0n) is 16.5. The molecule has 2 aromatic rings. The van der Waals surface area contributed by atoms with Crippen LogP contribution < -0.4 is 16.6 Å². The van der Waals surface area contributed by atoms with Gasteiger partial charge in [-0.1, -0.05) is 0 Å². The van der Waals surface area contributed by atoms with Crippen LogP contribution in [-0.4, -0.2) is 61.7 Å². The summed E-state index contributed by atoms with van der Waals surface area (Å²) < 4.78 is 29.3. The summed E-state index contributed by atoms with van der Waals surface area (Å²) in [5.74, 6) is -0.280. The Balaban J connectivity index is 1.51. The van der Waals surface area contributed by atoms with Gasteiger partial charge in [-0.2, -0.15) is 4.31 Å². The molecule has 1 N–H and O–H groups in total. The average Bonchev–Trinajstić information content (AvgIpc) is 3.17. The highest BCUT2D eigenvalue weighted by Gasteiger charge is 2.45. The number of amides is 1. The molecule has 12 heteroatoms. The second kappa shape index (κ2) is 6.80. The first-order chi connectivity index (χ1) is 13.6. The van der Waals surface area contributed by atoms with E-state index in [1.807, 2.05) is 0 Å². The van der Waals surface area contributed by atoms with E-state index in [-0.39, 0.29) is 41.7 Å². The molecule has 2 saturated heterocycles. The molecule has 4 heterocycles. The average molecular weight is 424 g/mol. The molecule has 1 amide bonds. The van der Waals surface area contributed by atoms with Gasteiger partial charge >= 0.3 is 5.69 Å². The minimum absolute atomic E-state index is 0.0788. The van der Waals surface area contributed by atoms with Crippen LogP contribution in [0.5, 0.6) is 0 Å². The predicted molar refractivity (Wildman–Crippen MR) is 105 cm³/mol. The number of aromatic nitrogens is 4. The van der Waals surface area contributed by atoms with Crippen molar-refractivity contribution >= 4 is 27.1 Å². The smallest absolute Gasteiger partial charge is 0.332 e. The molecular weight excluding hydrogens is 400 g/mol. The first-order valence-corrected chi connectivity index (χ1v) is 11.3. The maximum atomic E-state index is 12.6. The van der Waals surface area contributed by atoms with E-state index in [1.54, 1.807) is 4.31 Å². The number of nitrogens with one attached hydrogen (secondary N) is 1. The number of hydrogen-bond acceptors (Lipinski definition) is 6. The molecule has 2 aromatic heterocycles. The summed E-state index contributed by atoms with van der Waals surface area (Å²) in [5, 5.41) is 2.97. The zero-order valence-corrected chi connectivity index (χ0v) is 17.3. The van der Waals surface area contributed by atoms with Gasteiger partial charge in [-0.3, -0.25) is 18.7 Å². The zero-order chi connectivity index (χ0) is 21.1. The number of fused-ring (bicyclic) bond motifs is 3. The standard InChI is InChI=1S/C17H24N6O5S/c1-20-15-14(16(25)21(2)17(20)26)22(9-18-15)8-13(24)19-10-6-11-4-5-12(7-10)23(11)29(3,27)28/h9-12H,4-8H2,1-3H3,(H,19,24). The Hall–Kier alpha value is -2.47. The summed E-state index contributed by atoms with van der Waals surface area (Å²) >= 11 is 0. The van der Waals surface area contributed by atoms with Crippen LogP contribution in [0.15, 0.2) is 15.9 Å². The first kappa shape index (κ1) is 19.8. The van der Waals surface area contributed by atoms with Gasteiger partial charge in [-0.05, 0) is 25.7 Å². The van der Waals surface area contributed by atoms with Gasteiger partial charge in [0.25, 0.3) is 5.56 Å². The van der Waals surface area contributed by atoms with E-state index in [1.165, 1.54) is 35.8 Å². The van der Waals surface area contributed by atoms with E-state index < -0.39 is 21.3 Å². The van der Waals surface area contributed by atoms with Crippen molar-refractivity contribution in [2.45, 2.75) is 50.4 Å². The van der Waals surface area contributed by atoms with E-state index in [2.05, 4.69) is 10.3 Å². The van der Waals surface area contributed by atoms with Gasteiger partial charge in [0.2, 0.25) is 15.9 Å². The summed E-state index contributed by atoms with van der Waals surface area (Å²) in [4.78, 5) is 41.2. The maximum absolute atomic E-state index is 12.6. The highest BCUT2D eigenvalue weighted by atomic mass is 32.2. The minimum atomic E-state index is -3.25. The molecule has 0 radical (unpaired) electrons. The van der Waals surface area contributed by atoms with Crippen molar-refractivity contribution in [3.63, 3.8) is 0 Å². The fraction of sp³-hybridized carbons (Fsp3) is 0.647. The van der Waals surface area contributed by atoms with E-state index in [0.29, 0.717) is 12.8 Å². The number of imidazole rings is 1. The number of piperidine rings is 1. The van der Waals surface area contributed by atoms with Gasteiger partial charge in [0.1, 0.15) is 6.54 Å². The normalized spacial score (nSPS) is 24.9. The Morgan fingerprint density at radius 2 is 1.79 bits per heavy atom. The molecule has 0 saturated carbocycles. The molecular formula is C17H24N6O5S. The number of aryl methyl sites for hydroxylation is 1. The summed E-state index contributed by atoms with van der Waals surface area (Å²) in [6.45, 7) is -0.106. The predicted octanol–water partition coefficient (Wildman–Crippen LogP) is -1.50. The van der Waals surface area contributed by atoms with Crippen molar-refractivity contribution < 1.29 is 13.2 Å². The van der Waals surface area contributed by atoms with E-state index >= 15 is 0 Å². The quantitative estimate of drug-likeness (QED) is 0.637. The van der Waals surface area contributed by atoms with Crippen LogP contribution in [0.25, 0.3) is 11.2 Å². The van der Waals surface area contributed by atoms with Crippen LogP contribution in [0.2, 0.25) is 0 Å². The second-order valence-electron chi connectivity index (χ2n) is 7.96. The fourth-order valence-corrected chi connectivity index (χ4v) is 6.20. The second-order valence-corrected chi connectivity index (χ2v) is 9.85. The fourth-order valence-electron chi connectivity index (χ4n) is 4.74. The third-order valence-corrected chi connectivity index (χ3v) is 7.31. The van der Waals surface area contributed by atoms with Gasteiger partial charge < -0.3 is 9.88 Å². The Labute approximate surface area is 167 Å². The number of hydrogen-bond donors (Lipinski definition) is 1. The van der Waals surface area contributed by atoms with Crippen LogP contribution in [0.3, 0.4) is 0 Å². The van der Waals surface area contributed by atoms with Crippen molar-refractivity contribution in [2.75, 3.05) is 6.26 Å². The third-order valence-electron chi connectivity index (χ3n) is 5.95. The molecule has 0 aromatic carbocycles. The van der Waals surface area contributed by atoms with Crippen molar-refractivity contribution in [3.8, 4) is 0 Å². The topological polar surface area (TPSA) is 128 Å². The van der Waals surface area contributed by atoms with Crippen LogP contribution in [-0.2, 0) is 35.5 Å². The van der Waals surface area contributed by atoms with Gasteiger partial charge in [0, 0.05) is 32.2 Å². The van der Waals surface area contributed by atoms with Crippen molar-refractivity contribution in [1.82, 2.24) is 28.3 Å². The van der Waals surface area contributed by atoms with E-state index in [0.717, 1.165) is 17.4 Å². The van der Waals surface area contributed by atoms with Crippen molar-refractivity contribution in [2.24, 2.45) is 14.1 Å². The number of carbonyl (C=O) groups excluding carboxylic acids is 1. The highest BCUT2D eigenvalue weighted by Crippen LogP contribution is 2.37. The SMILES string of the molecule is Cn1c(=O)c2c(ncn2CC(=O)NC2CC3CCC(C2)N3S(C)(=O)=O)n(C)c1=O. The van der Waals surface area contributed by atoms with E-state index in [9.17, 15) is 22.8 Å². The summed E-state index contributed by atoms with van der Waals surface area (Å²) in [7, 11) is -0.350. The van der Waals surface area contributed by atoms with E-state index in [4.69, 9.17) is 0 Å². The molecule has 2 unspecified atom stereocenters. The molecule has 2 bridgehead atoms. The van der Waals surface area contributed by atoms with Gasteiger partial charge in [0.05, 0.1) is 12.6 Å². The van der Waals surface area contributed by atoms with Crippen molar-refractivity contribution in [1.29, 1.82) is 0 Å². The van der Waals surface area contributed by atoms with Crippen LogP contribution in [0.4, 0.5) is 0 Å². The number of sulfonamides is 1. The Bertz CT molecular complexity index is 1200. The Kier molecular flexibility index (Phi) is 4.65. The number of nitrogens with zero attached hydrogens (tertiary/aromatic N) is 5. The summed E-state index contributed by atoms with van der Waals surface area (Å²) in [6.07, 6.45) is 5.38. The maximum Gasteiger partial charge on any atom is 0.332 e. The summed E-state index contributed by atoms with van der Waals surface area (Å²) in [6, 6.07) is -0.269. The highest BCUT2D eigenvalue weighted by molar-refractivity contribution is 7.88. The molecule has 2 atom stereocenters. The monoisotopic (exact) mass is 424 g/mol. The van der Waals surface area contributed by atoms with Gasteiger partial charge in [-0.25, -0.2) is 18.2 Å². The molecule has 29 heavy (non-hydrogen) atoms. The summed E-state index contributed by atoms with van der Waals surface area (Å²) in [5.41, 5.74) is -0.569. The van der Waals surface area contributed by atoms with Gasteiger partial charge in [-0.15, -0.1) is 0 Å². The lowest BCUT2D eigenvalue weighted by Gasteiger charge is -2.37. The lowest BCUT2D eigenvalue weighted by molar-refractivity contribution is -0.122. The van der Waals surface area contributed by atoms with Crippen LogP contribution in [0.1, 0.15) is 25.7 Å². The molecule has 4 rings (SSSR count). The van der Waals surface area contributed by atoms with Crippen molar-refractivity contribution in [3.05, 3.63) is 27.2 Å². The third kappa shape index (κ3) is 3.29. The molecule has 0 aliphatic carbocycles. The first-order valence-electron chi connectivity index (χ1n) is 9.46. The molecule has 11 nitrogen and oxygen atoms in total. The molecule has 2 fully saturated rings. The lowest BCUT2D eigenvalue weighted by atomic mass is 10.00. The van der Waals surface area contributed by atoms with Crippen LogP contribution in [0, 0.1) is 0 Å². The Morgan fingerprint density at radius 1 is 1.17 bits per heavy atom. The number of carbonyl (C=O) groups is 1. The largest absolute Gasteiger partial charge is 0.352 e. The molecule has 2 aliphatic rings. The Morgan fingerprint density at radius 3 is 2.38 bits per heavy atom. The molecule has 0 spiro atoms. The van der Waals surface area contributed by atoms with Gasteiger partial charge in [0.15, 0.2) is 11.2 Å². The minimum Gasteiger partial charge on any atom is -0.352 e. The molecule has 2 aliphatic heterocycles. The molecule has 158 valence electrons. The lowest BCUT2D eigenvalue weighted by Crippen LogP contribution is -2.52. The number of rotatable bonds is 4. The van der Waals surface area contributed by atoms with Crippen LogP contribution >= 0.6 is 0 Å².